The van der Waals surface area contributed by atoms with Crippen molar-refractivity contribution >= 4 is 34.2 Å². The first kappa shape index (κ1) is 15.0. The molecule has 2 rings (SSSR count). The lowest BCUT2D eigenvalue weighted by molar-refractivity contribution is -0.141. The third kappa shape index (κ3) is 3.79. The van der Waals surface area contributed by atoms with Gasteiger partial charge in [0.15, 0.2) is 0 Å². The van der Waals surface area contributed by atoms with Crippen LogP contribution in [-0.2, 0) is 12.8 Å². The summed E-state index contributed by atoms with van der Waals surface area (Å²) in [6.07, 6.45) is -3.47. The Morgan fingerprint density at radius 2 is 2.00 bits per heavy atom. The van der Waals surface area contributed by atoms with Crippen molar-refractivity contribution in [2.75, 3.05) is 5.32 Å². The second-order valence-corrected chi connectivity index (χ2v) is 5.14. The molecule has 0 radical (unpaired) electrons. The van der Waals surface area contributed by atoms with Gasteiger partial charge in [-0.05, 0) is 52.4 Å². The normalized spacial score (nSPS) is 11.4. The van der Waals surface area contributed by atoms with Crippen LogP contribution in [0.3, 0.4) is 0 Å². The fourth-order valence-corrected chi connectivity index (χ4v) is 2.26. The van der Waals surface area contributed by atoms with Crippen molar-refractivity contribution < 1.29 is 18.3 Å². The lowest BCUT2D eigenvalue weighted by Crippen LogP contribution is -2.10. The van der Waals surface area contributed by atoms with E-state index in [9.17, 15) is 13.2 Å². The maximum atomic E-state index is 12.5. The summed E-state index contributed by atoms with van der Waals surface area (Å²) in [7, 11) is 0. The van der Waals surface area contributed by atoms with Crippen LogP contribution in [-0.4, -0.2) is 15.1 Å². The molecular weight excluding hydrogens is 386 g/mol. The molecule has 0 aliphatic carbocycles. The molecule has 0 unspecified atom stereocenters. The molecule has 0 saturated heterocycles. The van der Waals surface area contributed by atoms with Gasteiger partial charge in [0.05, 0.1) is 6.61 Å². The number of aromatic nitrogens is 2. The fourth-order valence-electron chi connectivity index (χ4n) is 1.52. The van der Waals surface area contributed by atoms with Crippen LogP contribution in [0.2, 0.25) is 0 Å². The van der Waals surface area contributed by atoms with Crippen LogP contribution in [0.5, 0.6) is 0 Å². The van der Waals surface area contributed by atoms with Gasteiger partial charge in [0.2, 0.25) is 5.95 Å². The Morgan fingerprint density at radius 1 is 1.25 bits per heavy atom. The van der Waals surface area contributed by atoms with Crippen LogP contribution in [0.15, 0.2) is 30.5 Å². The van der Waals surface area contributed by atoms with Gasteiger partial charge in [0, 0.05) is 15.5 Å². The van der Waals surface area contributed by atoms with Crippen LogP contribution in [0, 0.1) is 3.57 Å². The zero-order valence-electron chi connectivity index (χ0n) is 9.95. The summed E-state index contributed by atoms with van der Waals surface area (Å²) < 4.78 is 38.4. The first-order valence-corrected chi connectivity index (χ1v) is 6.54. The van der Waals surface area contributed by atoms with Crippen molar-refractivity contribution in [1.82, 2.24) is 9.97 Å². The van der Waals surface area contributed by atoms with Crippen LogP contribution >= 0.6 is 22.6 Å². The second-order valence-electron chi connectivity index (χ2n) is 3.89. The van der Waals surface area contributed by atoms with Crippen molar-refractivity contribution in [1.29, 1.82) is 0 Å². The van der Waals surface area contributed by atoms with Gasteiger partial charge in [-0.1, -0.05) is 0 Å². The minimum absolute atomic E-state index is 0.147. The molecular formula is C12H9F3IN3O. The number of hydrogen-bond donors (Lipinski definition) is 2. The smallest absolute Gasteiger partial charge is 0.392 e. The van der Waals surface area contributed by atoms with Gasteiger partial charge in [0.1, 0.15) is 5.69 Å². The summed E-state index contributed by atoms with van der Waals surface area (Å²) >= 11 is 2.04. The zero-order valence-corrected chi connectivity index (χ0v) is 12.1. The topological polar surface area (TPSA) is 58.0 Å². The summed E-state index contributed by atoms with van der Waals surface area (Å²) in [6.45, 7) is -0.158. The standard InChI is InChI=1S/C12H9F3IN3O/c13-12(14,15)10-1-2-17-11(19-10)18-9-4-7(6-20)3-8(16)5-9/h1-5,20H,6H2,(H,17,18,19). The quantitative estimate of drug-likeness (QED) is 0.784. The lowest BCUT2D eigenvalue weighted by atomic mass is 10.2. The molecule has 106 valence electrons. The highest BCUT2D eigenvalue weighted by Gasteiger charge is 2.32. The zero-order chi connectivity index (χ0) is 14.8. The van der Waals surface area contributed by atoms with E-state index in [1.165, 1.54) is 0 Å². The Kier molecular flexibility index (Phi) is 4.43. The largest absolute Gasteiger partial charge is 0.433 e. The molecule has 1 heterocycles. The molecule has 20 heavy (non-hydrogen) atoms. The van der Waals surface area contributed by atoms with Crippen LogP contribution in [0.4, 0.5) is 24.8 Å². The molecule has 0 saturated carbocycles. The summed E-state index contributed by atoms with van der Waals surface area (Å²) in [4.78, 5) is 7.16. The number of benzene rings is 1. The number of halogens is 4. The van der Waals surface area contributed by atoms with Gasteiger partial charge in [-0.3, -0.25) is 0 Å². The Morgan fingerprint density at radius 3 is 2.65 bits per heavy atom. The average Bonchev–Trinajstić information content (AvgIpc) is 2.37. The molecule has 1 aromatic heterocycles. The van der Waals surface area contributed by atoms with Crippen LogP contribution in [0.25, 0.3) is 0 Å². The summed E-state index contributed by atoms with van der Waals surface area (Å²) in [6, 6.07) is 5.90. The van der Waals surface area contributed by atoms with E-state index in [0.29, 0.717) is 11.3 Å². The number of nitrogens with zero attached hydrogens (tertiary/aromatic N) is 2. The third-order valence-electron chi connectivity index (χ3n) is 2.34. The second kappa shape index (κ2) is 5.92. The molecule has 2 N–H and O–H groups in total. The number of rotatable bonds is 3. The first-order chi connectivity index (χ1) is 9.38. The van der Waals surface area contributed by atoms with Gasteiger partial charge in [0.25, 0.3) is 0 Å². The summed E-state index contributed by atoms with van der Waals surface area (Å²) in [5, 5.41) is 11.8. The van der Waals surface area contributed by atoms with E-state index in [-0.39, 0.29) is 12.6 Å². The van der Waals surface area contributed by atoms with Gasteiger partial charge >= 0.3 is 6.18 Å². The minimum atomic E-state index is -4.51. The molecule has 0 amide bonds. The molecule has 0 bridgehead atoms. The Bertz CT molecular complexity index is 619. The number of anilines is 2. The fraction of sp³-hybridized carbons (Fsp3) is 0.167. The molecule has 0 atom stereocenters. The van der Waals surface area contributed by atoms with Crippen molar-refractivity contribution in [3.05, 3.63) is 45.3 Å². The first-order valence-electron chi connectivity index (χ1n) is 5.46. The Labute approximate surface area is 126 Å². The van der Waals surface area contributed by atoms with Crippen molar-refractivity contribution in [2.45, 2.75) is 12.8 Å². The van der Waals surface area contributed by atoms with E-state index >= 15 is 0 Å². The van der Waals surface area contributed by atoms with E-state index in [1.54, 1.807) is 18.2 Å². The van der Waals surface area contributed by atoms with E-state index in [1.807, 2.05) is 22.6 Å². The molecule has 0 fully saturated rings. The highest BCUT2D eigenvalue weighted by atomic mass is 127. The third-order valence-corrected chi connectivity index (χ3v) is 2.97. The lowest BCUT2D eigenvalue weighted by Gasteiger charge is -2.09. The number of hydrogen-bond acceptors (Lipinski definition) is 4. The number of aliphatic hydroxyl groups excluding tert-OH is 1. The van der Waals surface area contributed by atoms with Crippen LogP contribution < -0.4 is 5.32 Å². The Balaban J connectivity index is 2.28. The Hall–Kier alpha value is -1.42. The molecule has 4 nitrogen and oxygen atoms in total. The molecule has 0 aliphatic rings. The van der Waals surface area contributed by atoms with Gasteiger partial charge in [-0.2, -0.15) is 13.2 Å². The van der Waals surface area contributed by atoms with Gasteiger partial charge in [-0.25, -0.2) is 9.97 Å². The van der Waals surface area contributed by atoms with Crippen molar-refractivity contribution in [3.8, 4) is 0 Å². The van der Waals surface area contributed by atoms with Crippen molar-refractivity contribution in [3.63, 3.8) is 0 Å². The number of alkyl halides is 3. The SMILES string of the molecule is OCc1cc(I)cc(Nc2nccc(C(F)(F)F)n2)c1. The maximum absolute atomic E-state index is 12.5. The van der Waals surface area contributed by atoms with E-state index in [2.05, 4.69) is 15.3 Å². The van der Waals surface area contributed by atoms with Crippen molar-refractivity contribution in [2.24, 2.45) is 0 Å². The van der Waals surface area contributed by atoms with Gasteiger partial charge < -0.3 is 10.4 Å². The number of nitrogens with one attached hydrogen (secondary N) is 1. The predicted octanol–water partition coefficient (Wildman–Crippen LogP) is 3.34. The molecule has 0 aliphatic heterocycles. The maximum Gasteiger partial charge on any atom is 0.433 e. The van der Waals surface area contributed by atoms with Crippen LogP contribution in [0.1, 0.15) is 11.3 Å². The molecule has 0 spiro atoms. The van der Waals surface area contributed by atoms with E-state index < -0.39 is 11.9 Å². The average molecular weight is 395 g/mol. The van der Waals surface area contributed by atoms with Gasteiger partial charge in [-0.15, -0.1) is 0 Å². The number of aliphatic hydroxyl groups is 1. The highest BCUT2D eigenvalue weighted by Crippen LogP contribution is 2.28. The van der Waals surface area contributed by atoms with E-state index in [4.69, 9.17) is 5.11 Å². The molecule has 8 heteroatoms. The molecule has 1 aromatic carbocycles. The summed E-state index contributed by atoms with van der Waals surface area (Å²) in [5.41, 5.74) is 0.148. The minimum Gasteiger partial charge on any atom is -0.392 e. The highest BCUT2D eigenvalue weighted by molar-refractivity contribution is 14.1. The summed E-state index contributed by atoms with van der Waals surface area (Å²) in [5.74, 6) is -0.147. The molecule has 2 aromatic rings. The predicted molar refractivity (Wildman–Crippen MR) is 75.4 cm³/mol. The monoisotopic (exact) mass is 395 g/mol. The van der Waals surface area contributed by atoms with E-state index in [0.717, 1.165) is 15.8 Å².